The molecule has 16 heavy (non-hydrogen) atoms. The van der Waals surface area contributed by atoms with Gasteiger partial charge >= 0.3 is 0 Å². The minimum Gasteiger partial charge on any atom is -0.0751 e. The van der Waals surface area contributed by atoms with Crippen LogP contribution < -0.4 is 10.4 Å². The third-order valence-electron chi connectivity index (χ3n) is 4.44. The lowest BCUT2D eigenvalue weighted by atomic mass is 9.61. The molecule has 1 unspecified atom stereocenters. The molecule has 1 atom stereocenters. The summed E-state index contributed by atoms with van der Waals surface area (Å²) < 4.78 is 0. The summed E-state index contributed by atoms with van der Waals surface area (Å²) >= 11 is 0. The van der Waals surface area contributed by atoms with Crippen molar-refractivity contribution in [2.75, 3.05) is 0 Å². The predicted octanol–water partition coefficient (Wildman–Crippen LogP) is 1.97. The van der Waals surface area contributed by atoms with Crippen LogP contribution in [0, 0.1) is 0 Å². The van der Waals surface area contributed by atoms with Gasteiger partial charge in [0, 0.05) is 5.41 Å². The summed E-state index contributed by atoms with van der Waals surface area (Å²) in [7, 11) is 0. The van der Waals surface area contributed by atoms with Crippen LogP contribution in [0.25, 0.3) is 22.9 Å². The highest BCUT2D eigenvalue weighted by Gasteiger charge is 2.40. The molecule has 0 fully saturated rings. The van der Waals surface area contributed by atoms with Gasteiger partial charge in [-0.15, -0.1) is 0 Å². The molecule has 0 N–H and O–H groups in total. The zero-order valence-electron chi connectivity index (χ0n) is 8.83. The molecule has 2 aromatic rings. The van der Waals surface area contributed by atoms with Gasteiger partial charge in [0.1, 0.15) is 0 Å². The molecule has 0 amide bonds. The van der Waals surface area contributed by atoms with E-state index in [4.69, 9.17) is 0 Å². The first kappa shape index (κ1) is 7.45. The van der Waals surface area contributed by atoms with Crippen LogP contribution in [0.5, 0.6) is 0 Å². The van der Waals surface area contributed by atoms with Gasteiger partial charge in [-0.05, 0) is 44.8 Å². The third-order valence-corrected chi connectivity index (χ3v) is 4.44. The van der Waals surface area contributed by atoms with Crippen LogP contribution in [0.1, 0.15) is 17.5 Å². The van der Waals surface area contributed by atoms with E-state index in [1.165, 1.54) is 26.8 Å². The topological polar surface area (TPSA) is 0 Å². The van der Waals surface area contributed by atoms with Crippen LogP contribution >= 0.6 is 0 Å². The van der Waals surface area contributed by atoms with Crippen molar-refractivity contribution in [3.05, 3.63) is 58.0 Å². The Morgan fingerprint density at radius 1 is 1.06 bits per heavy atom. The average Bonchev–Trinajstić information content (AvgIpc) is 2.36. The molecule has 0 saturated carbocycles. The highest BCUT2D eigenvalue weighted by molar-refractivity contribution is 5.95. The van der Waals surface area contributed by atoms with E-state index in [0.29, 0.717) is 0 Å². The molecule has 0 saturated heterocycles. The first-order valence-corrected chi connectivity index (χ1v) is 5.86. The van der Waals surface area contributed by atoms with Gasteiger partial charge in [-0.1, -0.05) is 42.5 Å². The summed E-state index contributed by atoms with van der Waals surface area (Å²) in [4.78, 5) is 0. The van der Waals surface area contributed by atoms with Gasteiger partial charge < -0.3 is 0 Å². The van der Waals surface area contributed by atoms with Gasteiger partial charge in [-0.25, -0.2) is 0 Å². The Kier molecular flexibility index (Phi) is 0.937. The van der Waals surface area contributed by atoms with Crippen molar-refractivity contribution in [1.82, 2.24) is 0 Å². The van der Waals surface area contributed by atoms with Gasteiger partial charge in [0.25, 0.3) is 0 Å². The molecule has 1 spiro atoms. The molecule has 0 nitrogen and oxygen atoms in total. The summed E-state index contributed by atoms with van der Waals surface area (Å²) in [5.41, 5.74) is 3.26. The molecular formula is C16H10. The standard InChI is InChI=1S/C16H10/c1-2-10-3-4-11-8-13-9-12-5-7-16(13,6-1)15(10)14(11)12/h1-6,8-9H,7H2. The molecule has 6 bridgehead atoms. The van der Waals surface area contributed by atoms with E-state index in [-0.39, 0.29) is 5.41 Å². The molecule has 0 aromatic heterocycles. The van der Waals surface area contributed by atoms with Crippen molar-refractivity contribution >= 4 is 22.9 Å². The largest absolute Gasteiger partial charge is 0.0751 e. The summed E-state index contributed by atoms with van der Waals surface area (Å²) in [6, 6.07) is 9.28. The van der Waals surface area contributed by atoms with Crippen molar-refractivity contribution in [2.45, 2.75) is 11.8 Å². The zero-order valence-corrected chi connectivity index (χ0v) is 8.83. The molecule has 2 aromatic carbocycles. The lowest BCUT2D eigenvalue weighted by Gasteiger charge is -2.41. The smallest absolute Gasteiger partial charge is 0.0432 e. The van der Waals surface area contributed by atoms with Gasteiger partial charge in [-0.3, -0.25) is 0 Å². The second kappa shape index (κ2) is 2.01. The fourth-order valence-electron chi connectivity index (χ4n) is 3.75. The lowest BCUT2D eigenvalue weighted by molar-refractivity contribution is 0.649. The predicted molar refractivity (Wildman–Crippen MR) is 66.7 cm³/mol. The Morgan fingerprint density at radius 3 is 3.06 bits per heavy atom. The third kappa shape index (κ3) is 0.559. The van der Waals surface area contributed by atoms with Crippen LogP contribution in [0.15, 0.2) is 36.4 Å². The highest BCUT2D eigenvalue weighted by Crippen LogP contribution is 2.46. The maximum atomic E-state index is 2.40. The molecule has 5 aliphatic carbocycles. The van der Waals surface area contributed by atoms with Crippen molar-refractivity contribution in [1.29, 1.82) is 0 Å². The van der Waals surface area contributed by atoms with Crippen LogP contribution in [0.4, 0.5) is 0 Å². The van der Waals surface area contributed by atoms with Crippen molar-refractivity contribution in [3.63, 3.8) is 0 Å². The quantitative estimate of drug-likeness (QED) is 0.612. The van der Waals surface area contributed by atoms with E-state index in [0.717, 1.165) is 6.42 Å². The molecule has 5 aliphatic rings. The Morgan fingerprint density at radius 2 is 2.06 bits per heavy atom. The van der Waals surface area contributed by atoms with E-state index < -0.39 is 0 Å². The number of hydrogen-bond donors (Lipinski definition) is 0. The maximum absolute atomic E-state index is 2.40. The Labute approximate surface area is 93.2 Å². The first-order valence-electron chi connectivity index (χ1n) is 5.86. The zero-order chi connectivity index (χ0) is 10.3. The van der Waals surface area contributed by atoms with Gasteiger partial charge in [0.2, 0.25) is 0 Å². The van der Waals surface area contributed by atoms with Gasteiger partial charge in [0.15, 0.2) is 0 Å². The minimum atomic E-state index is 0.190. The van der Waals surface area contributed by atoms with Crippen molar-refractivity contribution in [2.24, 2.45) is 0 Å². The fraction of sp³-hybridized carbons (Fsp3) is 0.125. The Balaban J connectivity index is 2.33. The monoisotopic (exact) mass is 202 g/mol. The molecule has 0 heteroatoms. The van der Waals surface area contributed by atoms with Gasteiger partial charge in [-0.2, -0.15) is 0 Å². The van der Waals surface area contributed by atoms with E-state index in [9.17, 15) is 0 Å². The molecule has 7 rings (SSSR count). The van der Waals surface area contributed by atoms with Crippen LogP contribution in [-0.4, -0.2) is 0 Å². The molecule has 0 radical (unpaired) electrons. The van der Waals surface area contributed by atoms with E-state index >= 15 is 0 Å². The Bertz CT molecular complexity index is 821. The number of hydrogen-bond acceptors (Lipinski definition) is 0. The van der Waals surface area contributed by atoms with Crippen molar-refractivity contribution in [3.8, 4) is 0 Å². The summed E-state index contributed by atoms with van der Waals surface area (Å²) in [5.74, 6) is 0. The molecule has 0 aliphatic heterocycles. The molecular weight excluding hydrogens is 192 g/mol. The van der Waals surface area contributed by atoms with Crippen LogP contribution in [0.2, 0.25) is 0 Å². The van der Waals surface area contributed by atoms with Crippen LogP contribution in [-0.2, 0) is 5.41 Å². The number of fused-ring (bicyclic) bond motifs is 1. The number of allylic oxidation sites excluding steroid dienone is 2. The van der Waals surface area contributed by atoms with Crippen molar-refractivity contribution < 1.29 is 0 Å². The number of rotatable bonds is 0. The van der Waals surface area contributed by atoms with Crippen LogP contribution in [0.3, 0.4) is 0 Å². The average molecular weight is 202 g/mol. The SMILES string of the molecule is C1=CC23CC=c4cc2cc2ccc(c3c42)=C1. The maximum Gasteiger partial charge on any atom is 0.0432 e. The fourth-order valence-corrected chi connectivity index (χ4v) is 3.75. The second-order valence-corrected chi connectivity index (χ2v) is 5.10. The normalized spacial score (nSPS) is 26.2. The first-order chi connectivity index (χ1) is 7.88. The molecule has 74 valence electrons. The highest BCUT2D eigenvalue weighted by atomic mass is 14.4. The van der Waals surface area contributed by atoms with Gasteiger partial charge in [0.05, 0.1) is 0 Å². The second-order valence-electron chi connectivity index (χ2n) is 5.10. The summed E-state index contributed by atoms with van der Waals surface area (Å²) in [6.07, 6.45) is 10.4. The summed E-state index contributed by atoms with van der Waals surface area (Å²) in [5, 5.41) is 5.79. The summed E-state index contributed by atoms with van der Waals surface area (Å²) in [6.45, 7) is 0. The number of benzene rings is 2. The Hall–Kier alpha value is -1.82. The molecule has 0 heterocycles. The van der Waals surface area contributed by atoms with E-state index in [1.54, 1.807) is 5.56 Å². The van der Waals surface area contributed by atoms with E-state index in [1.807, 2.05) is 0 Å². The lowest BCUT2D eigenvalue weighted by Crippen LogP contribution is -2.42. The van der Waals surface area contributed by atoms with E-state index in [2.05, 4.69) is 48.6 Å². The minimum absolute atomic E-state index is 0.190.